The van der Waals surface area contributed by atoms with Crippen molar-refractivity contribution in [3.8, 4) is 5.75 Å². The SMILES string of the molecule is C[C@H]1Oc2ccc(S(=O)(=O)N3CCN(S(C)(=O)=O)CC3)cc2NC1=O. The number of ether oxygens (including phenoxy) is 1. The van der Waals surface area contributed by atoms with Crippen LogP contribution in [0.2, 0.25) is 0 Å². The Morgan fingerprint density at radius 2 is 1.68 bits per heavy atom. The average molecular weight is 389 g/mol. The number of nitrogens with one attached hydrogen (secondary N) is 1. The Bertz CT molecular complexity index is 904. The summed E-state index contributed by atoms with van der Waals surface area (Å²) in [6, 6.07) is 4.28. The van der Waals surface area contributed by atoms with Crippen LogP contribution < -0.4 is 10.1 Å². The van der Waals surface area contributed by atoms with Gasteiger partial charge in [-0.15, -0.1) is 0 Å². The number of carbonyl (C=O) groups is 1. The van der Waals surface area contributed by atoms with Crippen LogP contribution in [0.15, 0.2) is 23.1 Å². The highest BCUT2D eigenvalue weighted by Gasteiger charge is 2.32. The van der Waals surface area contributed by atoms with E-state index in [-0.39, 0.29) is 37.0 Å². The van der Waals surface area contributed by atoms with E-state index in [1.165, 1.54) is 26.8 Å². The third-order valence-electron chi connectivity index (χ3n) is 4.19. The predicted octanol–water partition coefficient (Wildman–Crippen LogP) is -0.328. The van der Waals surface area contributed by atoms with Crippen molar-refractivity contribution < 1.29 is 26.4 Å². The molecule has 1 atom stereocenters. The minimum absolute atomic E-state index is 0.0255. The predicted molar refractivity (Wildman–Crippen MR) is 90.3 cm³/mol. The van der Waals surface area contributed by atoms with Gasteiger partial charge in [0.1, 0.15) is 5.75 Å². The highest BCUT2D eigenvalue weighted by atomic mass is 32.2. The Morgan fingerprint density at radius 1 is 1.08 bits per heavy atom. The molecule has 138 valence electrons. The van der Waals surface area contributed by atoms with Crippen LogP contribution in [0.5, 0.6) is 5.75 Å². The molecule has 11 heteroatoms. The van der Waals surface area contributed by atoms with Crippen molar-refractivity contribution in [2.24, 2.45) is 0 Å². The molecule has 2 aliphatic rings. The maximum Gasteiger partial charge on any atom is 0.265 e. The number of piperazine rings is 1. The van der Waals surface area contributed by atoms with E-state index < -0.39 is 26.2 Å². The van der Waals surface area contributed by atoms with Crippen molar-refractivity contribution in [2.75, 3.05) is 37.8 Å². The number of sulfonamides is 2. The van der Waals surface area contributed by atoms with E-state index >= 15 is 0 Å². The summed E-state index contributed by atoms with van der Waals surface area (Å²) in [6.07, 6.45) is 0.462. The summed E-state index contributed by atoms with van der Waals surface area (Å²) in [5.74, 6) is 0.0664. The molecule has 1 aromatic rings. The molecule has 3 rings (SSSR count). The zero-order valence-corrected chi connectivity index (χ0v) is 15.4. The first kappa shape index (κ1) is 18.1. The first-order chi connectivity index (χ1) is 11.6. The quantitative estimate of drug-likeness (QED) is 0.758. The van der Waals surface area contributed by atoms with Gasteiger partial charge >= 0.3 is 0 Å². The molecule has 1 fully saturated rings. The van der Waals surface area contributed by atoms with Crippen molar-refractivity contribution in [1.82, 2.24) is 8.61 Å². The Hall–Kier alpha value is -1.69. The maximum absolute atomic E-state index is 12.8. The van der Waals surface area contributed by atoms with E-state index in [9.17, 15) is 21.6 Å². The summed E-state index contributed by atoms with van der Waals surface area (Å²) in [4.78, 5) is 11.7. The van der Waals surface area contributed by atoms with E-state index in [1.54, 1.807) is 6.92 Å². The third kappa shape index (κ3) is 3.50. The fourth-order valence-corrected chi connectivity index (χ4v) is 5.01. The molecule has 25 heavy (non-hydrogen) atoms. The first-order valence-electron chi connectivity index (χ1n) is 7.66. The van der Waals surface area contributed by atoms with Crippen LogP contribution in [0.25, 0.3) is 0 Å². The van der Waals surface area contributed by atoms with Crippen LogP contribution in [0.4, 0.5) is 5.69 Å². The topological polar surface area (TPSA) is 113 Å². The van der Waals surface area contributed by atoms with Crippen LogP contribution in [-0.4, -0.2) is 69.9 Å². The Balaban J connectivity index is 1.82. The van der Waals surface area contributed by atoms with E-state index in [0.29, 0.717) is 11.4 Å². The third-order valence-corrected chi connectivity index (χ3v) is 7.38. The molecule has 0 spiro atoms. The summed E-state index contributed by atoms with van der Waals surface area (Å²) in [7, 11) is -7.13. The molecule has 2 aliphatic heterocycles. The standard InChI is InChI=1S/C14H19N3O6S2/c1-10-14(18)15-12-9-11(3-4-13(12)23-10)25(21,22)17-7-5-16(6-8-17)24(2,19)20/h3-4,9-10H,5-8H2,1-2H3,(H,15,18)/t10-/m1/s1. The summed E-state index contributed by atoms with van der Waals surface area (Å²) < 4.78 is 56.5. The Labute approximate surface area is 146 Å². The highest BCUT2D eigenvalue weighted by molar-refractivity contribution is 7.89. The number of carbonyl (C=O) groups excluding carboxylic acids is 1. The lowest BCUT2D eigenvalue weighted by Crippen LogP contribution is -2.50. The molecule has 0 radical (unpaired) electrons. The highest BCUT2D eigenvalue weighted by Crippen LogP contribution is 2.32. The maximum atomic E-state index is 12.8. The van der Waals surface area contributed by atoms with Crippen molar-refractivity contribution in [1.29, 1.82) is 0 Å². The number of fused-ring (bicyclic) bond motifs is 1. The molecule has 9 nitrogen and oxygen atoms in total. The largest absolute Gasteiger partial charge is 0.479 e. The molecule has 2 heterocycles. The van der Waals surface area contributed by atoms with Gasteiger partial charge in [0.25, 0.3) is 5.91 Å². The number of benzene rings is 1. The monoisotopic (exact) mass is 389 g/mol. The summed E-state index contributed by atoms with van der Waals surface area (Å²) in [5, 5.41) is 2.62. The van der Waals surface area contributed by atoms with Crippen molar-refractivity contribution in [3.05, 3.63) is 18.2 Å². The smallest absolute Gasteiger partial charge is 0.265 e. The summed E-state index contributed by atoms with van der Waals surface area (Å²) in [6.45, 7) is 1.98. The second-order valence-corrected chi connectivity index (χ2v) is 9.89. The number of hydrogen-bond acceptors (Lipinski definition) is 6. The number of nitrogens with zero attached hydrogens (tertiary/aromatic N) is 2. The van der Waals surface area contributed by atoms with Crippen molar-refractivity contribution in [2.45, 2.75) is 17.9 Å². The zero-order chi connectivity index (χ0) is 18.4. The molecule has 0 aromatic heterocycles. The zero-order valence-electron chi connectivity index (χ0n) is 13.8. The normalized spacial score (nSPS) is 22.8. The number of amides is 1. The summed E-state index contributed by atoms with van der Waals surface area (Å²) >= 11 is 0. The van der Waals surface area contributed by atoms with E-state index in [0.717, 1.165) is 6.26 Å². The minimum Gasteiger partial charge on any atom is -0.479 e. The van der Waals surface area contributed by atoms with Gasteiger partial charge in [-0.2, -0.15) is 8.61 Å². The molecule has 1 amide bonds. The fraction of sp³-hybridized carbons (Fsp3) is 0.500. The van der Waals surface area contributed by atoms with Gasteiger partial charge in [0, 0.05) is 26.2 Å². The second-order valence-electron chi connectivity index (χ2n) is 5.97. The van der Waals surface area contributed by atoms with Crippen LogP contribution in [0, 0.1) is 0 Å². The molecular weight excluding hydrogens is 370 g/mol. The van der Waals surface area contributed by atoms with Gasteiger partial charge in [-0.1, -0.05) is 0 Å². The molecule has 0 aliphatic carbocycles. The Morgan fingerprint density at radius 3 is 2.28 bits per heavy atom. The van der Waals surface area contributed by atoms with Gasteiger partial charge in [-0.05, 0) is 25.1 Å². The van der Waals surface area contributed by atoms with Gasteiger partial charge < -0.3 is 10.1 Å². The van der Waals surface area contributed by atoms with Gasteiger partial charge in [0.15, 0.2) is 6.10 Å². The first-order valence-corrected chi connectivity index (χ1v) is 10.9. The number of rotatable bonds is 3. The molecule has 0 unspecified atom stereocenters. The molecule has 1 N–H and O–H groups in total. The molecule has 0 bridgehead atoms. The van der Waals surface area contributed by atoms with Crippen molar-refractivity contribution >= 4 is 31.6 Å². The number of hydrogen-bond donors (Lipinski definition) is 1. The van der Waals surface area contributed by atoms with E-state index in [1.807, 2.05) is 0 Å². The van der Waals surface area contributed by atoms with Crippen LogP contribution >= 0.6 is 0 Å². The molecular formula is C14H19N3O6S2. The lowest BCUT2D eigenvalue weighted by Gasteiger charge is -2.32. The lowest BCUT2D eigenvalue weighted by molar-refractivity contribution is -0.122. The number of anilines is 1. The van der Waals surface area contributed by atoms with E-state index in [2.05, 4.69) is 5.32 Å². The molecule has 0 saturated carbocycles. The van der Waals surface area contributed by atoms with Gasteiger partial charge in [-0.3, -0.25) is 4.79 Å². The fourth-order valence-electron chi connectivity index (χ4n) is 2.74. The van der Waals surface area contributed by atoms with Crippen LogP contribution in [-0.2, 0) is 24.8 Å². The molecule has 1 saturated heterocycles. The van der Waals surface area contributed by atoms with Crippen LogP contribution in [0.1, 0.15) is 6.92 Å². The average Bonchev–Trinajstić information content (AvgIpc) is 2.55. The van der Waals surface area contributed by atoms with Gasteiger partial charge in [0.05, 0.1) is 16.8 Å². The van der Waals surface area contributed by atoms with Crippen molar-refractivity contribution in [3.63, 3.8) is 0 Å². The second kappa shape index (κ2) is 6.24. The Kier molecular flexibility index (Phi) is 4.52. The minimum atomic E-state index is -3.79. The lowest BCUT2D eigenvalue weighted by atomic mass is 10.2. The van der Waals surface area contributed by atoms with Crippen LogP contribution in [0.3, 0.4) is 0 Å². The van der Waals surface area contributed by atoms with Gasteiger partial charge in [-0.25, -0.2) is 16.8 Å². The molecule has 1 aromatic carbocycles. The van der Waals surface area contributed by atoms with Gasteiger partial charge in [0.2, 0.25) is 20.0 Å². The summed E-state index contributed by atoms with van der Waals surface area (Å²) in [5.41, 5.74) is 0.305. The van der Waals surface area contributed by atoms with E-state index in [4.69, 9.17) is 4.74 Å².